The van der Waals surface area contributed by atoms with Crippen LogP contribution in [-0.4, -0.2) is 29.9 Å². The van der Waals surface area contributed by atoms with Gasteiger partial charge in [-0.25, -0.2) is 9.82 Å². The highest BCUT2D eigenvalue weighted by Gasteiger charge is 2.37. The van der Waals surface area contributed by atoms with Crippen molar-refractivity contribution in [1.82, 2.24) is 5.43 Å². The summed E-state index contributed by atoms with van der Waals surface area (Å²) in [6.45, 7) is 2.38. The maximum atomic E-state index is 14.6. The molecule has 7 heteroatoms. The maximum absolute atomic E-state index is 14.6. The molecule has 1 heterocycles. The molecule has 0 bridgehead atoms. The molecule has 1 aliphatic heterocycles. The molecule has 0 aromatic heterocycles. The minimum Gasteiger partial charge on any atom is -0.492 e. The molecule has 5 nitrogen and oxygen atoms in total. The van der Waals surface area contributed by atoms with Crippen LogP contribution in [0.3, 0.4) is 0 Å². The molecule has 23 heavy (non-hydrogen) atoms. The fraction of sp³-hybridized carbons (Fsp3) is 0.500. The molecule has 1 aromatic carbocycles. The summed E-state index contributed by atoms with van der Waals surface area (Å²) < 4.78 is 20.1. The van der Waals surface area contributed by atoms with Crippen molar-refractivity contribution in [2.75, 3.05) is 13.2 Å². The Balaban J connectivity index is 1.76. The Labute approximate surface area is 138 Å². The normalized spacial score (nSPS) is 26.5. The van der Waals surface area contributed by atoms with Crippen molar-refractivity contribution in [2.24, 2.45) is 22.9 Å². The monoisotopic (exact) mass is 340 g/mol. The summed E-state index contributed by atoms with van der Waals surface area (Å²) in [5.74, 6) is -0.103. The first kappa shape index (κ1) is 16.2. The Morgan fingerprint density at radius 3 is 2.91 bits per heavy atom. The van der Waals surface area contributed by atoms with Crippen molar-refractivity contribution in [3.63, 3.8) is 0 Å². The van der Waals surface area contributed by atoms with Crippen molar-refractivity contribution >= 4 is 23.2 Å². The number of hydrazone groups is 1. The second-order valence-electron chi connectivity index (χ2n) is 6.13. The minimum atomic E-state index is -0.597. The molecule has 1 amide bonds. The van der Waals surface area contributed by atoms with E-state index in [4.69, 9.17) is 21.4 Å². The number of carbonyl (C=O) groups excluding carboxylic acids is 1. The first-order valence-corrected chi connectivity index (χ1v) is 7.97. The van der Waals surface area contributed by atoms with Gasteiger partial charge < -0.3 is 9.84 Å². The number of benzene rings is 1. The summed E-state index contributed by atoms with van der Waals surface area (Å²) in [5.41, 5.74) is 3.11. The van der Waals surface area contributed by atoms with Gasteiger partial charge in [-0.3, -0.25) is 4.79 Å². The first-order valence-electron chi connectivity index (χ1n) is 7.59. The Hall–Kier alpha value is -1.66. The maximum Gasteiger partial charge on any atom is 0.240 e. The molecule has 1 unspecified atom stereocenters. The largest absolute Gasteiger partial charge is 0.492 e. The Morgan fingerprint density at radius 1 is 1.48 bits per heavy atom. The summed E-state index contributed by atoms with van der Waals surface area (Å²) in [6.07, 6.45) is 1.18. The van der Waals surface area contributed by atoms with Gasteiger partial charge >= 0.3 is 0 Å². The number of rotatable bonds is 5. The molecule has 2 N–H and O–H groups in total. The van der Waals surface area contributed by atoms with Crippen LogP contribution in [0.4, 0.5) is 4.39 Å². The number of aliphatic hydroxyl groups is 1. The van der Waals surface area contributed by atoms with Crippen molar-refractivity contribution < 1.29 is 19.0 Å². The molecule has 3 rings (SSSR count). The lowest BCUT2D eigenvalue weighted by molar-refractivity contribution is -0.121. The second-order valence-corrected chi connectivity index (χ2v) is 6.50. The van der Waals surface area contributed by atoms with Gasteiger partial charge in [0.05, 0.1) is 12.3 Å². The minimum absolute atomic E-state index is 0.0875. The van der Waals surface area contributed by atoms with E-state index in [0.29, 0.717) is 18.2 Å². The first-order chi connectivity index (χ1) is 11.0. The van der Waals surface area contributed by atoms with E-state index in [-0.39, 0.29) is 47.1 Å². The van der Waals surface area contributed by atoms with Gasteiger partial charge in [-0.05, 0) is 30.4 Å². The lowest BCUT2D eigenvalue weighted by atomic mass is 9.94. The van der Waals surface area contributed by atoms with Gasteiger partial charge in [0.1, 0.15) is 10.8 Å². The fourth-order valence-electron chi connectivity index (χ4n) is 2.75. The molecule has 1 aliphatic carbocycles. The smallest absolute Gasteiger partial charge is 0.240 e. The number of aliphatic hydroxyl groups excluding tert-OH is 1. The SMILES string of the molecule is CC1CC(=O)NN=C1c1ccc(OC[C@H]2C[C@H]2CO)c(Cl)c1F. The zero-order valence-electron chi connectivity index (χ0n) is 12.7. The number of carbonyl (C=O) groups is 1. The van der Waals surface area contributed by atoms with Gasteiger partial charge in [0.25, 0.3) is 0 Å². The molecule has 0 spiro atoms. The zero-order chi connectivity index (χ0) is 16.6. The van der Waals surface area contributed by atoms with Crippen LogP contribution in [0.1, 0.15) is 25.3 Å². The van der Waals surface area contributed by atoms with Gasteiger partial charge in [-0.15, -0.1) is 0 Å². The van der Waals surface area contributed by atoms with Crippen LogP contribution in [0.25, 0.3) is 0 Å². The zero-order valence-corrected chi connectivity index (χ0v) is 13.4. The van der Waals surface area contributed by atoms with Crippen LogP contribution in [0.15, 0.2) is 17.2 Å². The number of nitrogens with one attached hydrogen (secondary N) is 1. The third kappa shape index (κ3) is 3.33. The van der Waals surface area contributed by atoms with Crippen molar-refractivity contribution in [1.29, 1.82) is 0 Å². The van der Waals surface area contributed by atoms with E-state index in [1.807, 2.05) is 6.92 Å². The number of nitrogens with zero attached hydrogens (tertiary/aromatic N) is 1. The quantitative estimate of drug-likeness (QED) is 0.864. The third-order valence-corrected chi connectivity index (χ3v) is 4.69. The van der Waals surface area contributed by atoms with Crippen molar-refractivity contribution in [3.05, 3.63) is 28.5 Å². The van der Waals surface area contributed by atoms with Gasteiger partial charge in [0.15, 0.2) is 5.82 Å². The van der Waals surface area contributed by atoms with E-state index in [9.17, 15) is 9.18 Å². The molecule has 0 radical (unpaired) electrons. The molecule has 2 aliphatic rings. The average molecular weight is 341 g/mol. The molecule has 3 atom stereocenters. The Bertz CT molecular complexity index is 665. The topological polar surface area (TPSA) is 70.9 Å². The summed E-state index contributed by atoms with van der Waals surface area (Å²) in [6, 6.07) is 3.18. The van der Waals surface area contributed by atoms with Gasteiger partial charge in [0, 0.05) is 24.5 Å². The highest BCUT2D eigenvalue weighted by Crippen LogP contribution is 2.39. The molecule has 124 valence electrons. The van der Waals surface area contributed by atoms with Crippen LogP contribution in [-0.2, 0) is 4.79 Å². The molecule has 1 aromatic rings. The van der Waals surface area contributed by atoms with E-state index < -0.39 is 5.82 Å². The van der Waals surface area contributed by atoms with Gasteiger partial charge in [-0.1, -0.05) is 18.5 Å². The molecular formula is C16H18ClFN2O3. The molecule has 0 saturated heterocycles. The number of halogens is 2. The lowest BCUT2D eigenvalue weighted by Crippen LogP contribution is -2.32. The number of ether oxygens (including phenoxy) is 1. The predicted molar refractivity (Wildman–Crippen MR) is 84.0 cm³/mol. The average Bonchev–Trinajstić information content (AvgIpc) is 3.28. The predicted octanol–water partition coefficient (Wildman–Crippen LogP) is 2.35. The summed E-state index contributed by atoms with van der Waals surface area (Å²) >= 11 is 6.08. The molecule has 1 fully saturated rings. The third-order valence-electron chi connectivity index (χ3n) is 4.34. The van der Waals surface area contributed by atoms with E-state index in [2.05, 4.69) is 10.5 Å². The highest BCUT2D eigenvalue weighted by atomic mass is 35.5. The molecule has 1 saturated carbocycles. The van der Waals surface area contributed by atoms with Crippen LogP contribution < -0.4 is 10.2 Å². The summed E-state index contributed by atoms with van der Waals surface area (Å²) in [4.78, 5) is 11.3. The summed E-state index contributed by atoms with van der Waals surface area (Å²) in [5, 5.41) is 12.9. The number of hydrogen-bond donors (Lipinski definition) is 2. The molecular weight excluding hydrogens is 323 g/mol. The number of amides is 1. The van der Waals surface area contributed by atoms with E-state index in [1.54, 1.807) is 12.1 Å². The van der Waals surface area contributed by atoms with Gasteiger partial charge in [-0.2, -0.15) is 5.10 Å². The standard InChI is InChI=1S/C16H18ClFN2O3/c1-8-4-13(22)19-20-16(8)11-2-3-12(14(17)15(11)18)23-7-10-5-9(10)6-21/h2-3,8-10,21H,4-7H2,1H3,(H,19,22)/t8?,9-,10+/m0/s1. The Kier molecular flexibility index (Phi) is 4.55. The van der Waals surface area contributed by atoms with Crippen LogP contribution in [0.2, 0.25) is 5.02 Å². The van der Waals surface area contributed by atoms with Crippen LogP contribution in [0.5, 0.6) is 5.75 Å². The Morgan fingerprint density at radius 2 is 2.26 bits per heavy atom. The second kappa shape index (κ2) is 6.45. The fourth-order valence-corrected chi connectivity index (χ4v) is 2.97. The van der Waals surface area contributed by atoms with E-state index >= 15 is 0 Å². The van der Waals surface area contributed by atoms with Crippen molar-refractivity contribution in [2.45, 2.75) is 19.8 Å². The number of hydrogen-bond acceptors (Lipinski definition) is 4. The van der Waals surface area contributed by atoms with Gasteiger partial charge in [0.2, 0.25) is 5.91 Å². The lowest BCUT2D eigenvalue weighted by Gasteiger charge is -2.20. The van der Waals surface area contributed by atoms with Crippen molar-refractivity contribution in [3.8, 4) is 5.75 Å². The highest BCUT2D eigenvalue weighted by molar-refractivity contribution is 6.32. The van der Waals surface area contributed by atoms with Crippen LogP contribution >= 0.6 is 11.6 Å². The van der Waals surface area contributed by atoms with E-state index in [1.165, 1.54) is 0 Å². The summed E-state index contributed by atoms with van der Waals surface area (Å²) in [7, 11) is 0. The van der Waals surface area contributed by atoms with Crippen LogP contribution in [0, 0.1) is 23.6 Å². The van der Waals surface area contributed by atoms with E-state index in [0.717, 1.165) is 6.42 Å².